The predicted molar refractivity (Wildman–Crippen MR) is 323 cm³/mol. The van der Waals surface area contributed by atoms with Crippen molar-refractivity contribution in [3.05, 3.63) is 29.8 Å². The lowest BCUT2D eigenvalue weighted by atomic mass is 9.44. The van der Waals surface area contributed by atoms with Crippen LogP contribution in [0.25, 0.3) is 0 Å². The molecule has 18 heteroatoms. The zero-order valence-corrected chi connectivity index (χ0v) is 56.4. The molecule has 0 radical (unpaired) electrons. The van der Waals surface area contributed by atoms with E-state index in [1.807, 2.05) is 27.9 Å². The normalized spacial score (nSPS) is 38.5. The molecule has 0 amide bonds. The molecule has 5 saturated carbocycles. The molecule has 8 rings (SSSR count). The second-order valence-corrected chi connectivity index (χ2v) is 41.1. The summed E-state index contributed by atoms with van der Waals surface area (Å²) in [7, 11) is -3.86. The number of methoxy groups -OCH3 is 2. The van der Waals surface area contributed by atoms with Crippen LogP contribution in [-0.4, -0.2) is 142 Å². The van der Waals surface area contributed by atoms with Crippen molar-refractivity contribution in [1.29, 1.82) is 0 Å². The number of carbonyl (C=O) groups is 3. The standard InChI is InChI=1S/C64H108O15Si3/c1-18-80(19-2,20-3)77-49-38-71-59(74-52-36-48-46-35-51(70-17)63-37-44(63)31-33-61(63,14)47(46)32-34-62(48,15)64(52,68)41(12)53(66)40(10)11)56(73-42(13)65)54(49)76-60-57(75-58(67)43-27-29-45(69-16)30-28-43)55(79-82(24-7,25-8)26-9)50(39-72-60)78-81(21-4,22-5)23-6/h27-30,40-41,44,46-52,54-57,59-60,68H,18-26,31-39H2,1-17H3/t41-,44-,46-,47+,48+,49+,50-,51-,52+,54+,55+,56-,57-,59+,60+,61-,62+,63+,64-/m1/s1. The van der Waals surface area contributed by atoms with Crippen LogP contribution >= 0.6 is 0 Å². The lowest BCUT2D eigenvalue weighted by Gasteiger charge is -2.61. The van der Waals surface area contributed by atoms with Crippen molar-refractivity contribution in [1.82, 2.24) is 0 Å². The first-order chi connectivity index (χ1) is 39.0. The third kappa shape index (κ3) is 11.4. The third-order valence-corrected chi connectivity index (χ3v) is 37.9. The summed E-state index contributed by atoms with van der Waals surface area (Å²) in [6, 6.07) is 14.4. The van der Waals surface area contributed by atoms with E-state index in [9.17, 15) is 19.5 Å². The van der Waals surface area contributed by atoms with Crippen LogP contribution < -0.4 is 4.74 Å². The van der Waals surface area contributed by atoms with Gasteiger partial charge in [0, 0.05) is 36.7 Å². The van der Waals surface area contributed by atoms with Gasteiger partial charge in [0.2, 0.25) is 0 Å². The minimum atomic E-state index is -2.50. The van der Waals surface area contributed by atoms with Crippen molar-refractivity contribution in [2.45, 2.75) is 270 Å². The topological polar surface area (TPSA) is 173 Å². The van der Waals surface area contributed by atoms with Gasteiger partial charge in [0.1, 0.15) is 29.3 Å². The number of ketones is 1. The monoisotopic (exact) mass is 1200 g/mol. The van der Waals surface area contributed by atoms with Crippen molar-refractivity contribution in [3.8, 4) is 5.75 Å². The Labute approximate surface area is 496 Å². The minimum absolute atomic E-state index is 0.000169. The van der Waals surface area contributed by atoms with Gasteiger partial charge in [0.05, 0.1) is 50.3 Å². The summed E-state index contributed by atoms with van der Waals surface area (Å²) < 4.78 is 76.3. The molecule has 5 aliphatic carbocycles. The van der Waals surface area contributed by atoms with Crippen molar-refractivity contribution in [2.24, 2.45) is 51.8 Å². The fourth-order valence-corrected chi connectivity index (χ4v) is 26.6. The fourth-order valence-electron chi connectivity index (χ4n) is 18.1. The van der Waals surface area contributed by atoms with Crippen LogP contribution in [0.1, 0.15) is 159 Å². The lowest BCUT2D eigenvalue weighted by molar-refractivity contribution is -0.342. The van der Waals surface area contributed by atoms with Gasteiger partial charge in [-0.1, -0.05) is 96.9 Å². The highest BCUT2D eigenvalue weighted by Crippen LogP contribution is 2.82. The van der Waals surface area contributed by atoms with Gasteiger partial charge in [-0.25, -0.2) is 4.79 Å². The molecule has 82 heavy (non-hydrogen) atoms. The van der Waals surface area contributed by atoms with Crippen molar-refractivity contribution in [2.75, 3.05) is 27.4 Å². The van der Waals surface area contributed by atoms with Gasteiger partial charge in [-0.05, 0) is 153 Å². The maximum absolute atomic E-state index is 14.8. The first-order valence-electron chi connectivity index (χ1n) is 32.3. The Morgan fingerprint density at radius 1 is 0.634 bits per heavy atom. The predicted octanol–water partition coefficient (Wildman–Crippen LogP) is 12.7. The number of ether oxygens (including phenoxy) is 8. The summed E-state index contributed by atoms with van der Waals surface area (Å²) in [4.78, 5) is 43.2. The molecular formula is C64H108O15Si3. The highest BCUT2D eigenvalue weighted by molar-refractivity contribution is 6.74. The Morgan fingerprint density at radius 3 is 1.65 bits per heavy atom. The Bertz CT molecular complexity index is 2300. The maximum Gasteiger partial charge on any atom is 0.338 e. The number of aliphatic hydroxyl groups is 1. The highest BCUT2D eigenvalue weighted by atomic mass is 28.4. The van der Waals surface area contributed by atoms with E-state index in [-0.39, 0.29) is 53.7 Å². The van der Waals surface area contributed by atoms with Crippen LogP contribution in [0.2, 0.25) is 54.4 Å². The van der Waals surface area contributed by atoms with Crippen molar-refractivity contribution >= 4 is 42.7 Å². The Balaban J connectivity index is 1.22. The average Bonchev–Trinajstić information content (AvgIpc) is 1.74. The van der Waals surface area contributed by atoms with E-state index in [0.717, 1.165) is 73.7 Å². The summed E-state index contributed by atoms with van der Waals surface area (Å²) in [5.74, 6) is -0.365. The van der Waals surface area contributed by atoms with E-state index >= 15 is 0 Å². The molecule has 7 fully saturated rings. The first kappa shape index (κ1) is 65.9. The van der Waals surface area contributed by atoms with Crippen molar-refractivity contribution in [3.63, 3.8) is 0 Å². The number of Topliss-reactive ketones (excluding diaryl/α,β-unsaturated/α-hetero) is 1. The number of carbonyl (C=O) groups excluding carboxylic acids is 3. The van der Waals surface area contributed by atoms with E-state index in [1.54, 1.807) is 31.4 Å². The minimum Gasteiger partial charge on any atom is -0.497 e. The summed E-state index contributed by atoms with van der Waals surface area (Å²) in [6.07, 6.45) is -2.26. The molecule has 0 aromatic heterocycles. The molecule has 1 aromatic carbocycles. The second kappa shape index (κ2) is 25.9. The summed E-state index contributed by atoms with van der Waals surface area (Å²) in [5.41, 5.74) is -1.71. The van der Waals surface area contributed by atoms with E-state index in [4.69, 9.17) is 51.2 Å². The first-order valence-corrected chi connectivity index (χ1v) is 39.9. The Morgan fingerprint density at radius 2 is 1.15 bits per heavy atom. The quantitative estimate of drug-likeness (QED) is 0.0651. The lowest BCUT2D eigenvalue weighted by Crippen LogP contribution is -2.66. The van der Waals surface area contributed by atoms with Gasteiger partial charge in [0.25, 0.3) is 0 Å². The Hall–Kier alpha value is -2.08. The number of esters is 2. The Kier molecular flexibility index (Phi) is 20.8. The van der Waals surface area contributed by atoms with Crippen LogP contribution in [0.5, 0.6) is 5.75 Å². The average molecular weight is 1200 g/mol. The van der Waals surface area contributed by atoms with Crippen LogP contribution in [0.3, 0.4) is 0 Å². The zero-order chi connectivity index (χ0) is 60.0. The van der Waals surface area contributed by atoms with Crippen LogP contribution in [0.4, 0.5) is 0 Å². The van der Waals surface area contributed by atoms with E-state index in [1.165, 1.54) is 26.2 Å². The number of fused-ring (bicyclic) bond motifs is 4. The molecule has 1 aromatic rings. The molecule has 15 nitrogen and oxygen atoms in total. The van der Waals surface area contributed by atoms with Gasteiger partial charge < -0.3 is 56.3 Å². The molecule has 0 bridgehead atoms. The molecule has 19 atom stereocenters. The van der Waals surface area contributed by atoms with Gasteiger partial charge >= 0.3 is 11.9 Å². The summed E-state index contributed by atoms with van der Waals surface area (Å²) in [5, 5.41) is 14.0. The van der Waals surface area contributed by atoms with Crippen molar-refractivity contribution < 1.29 is 70.7 Å². The summed E-state index contributed by atoms with van der Waals surface area (Å²) >= 11 is 0. The molecule has 7 aliphatic rings. The number of rotatable bonds is 27. The molecule has 0 unspecified atom stereocenters. The highest BCUT2D eigenvalue weighted by Gasteiger charge is 2.79. The number of hydrogen-bond acceptors (Lipinski definition) is 15. The molecule has 2 saturated heterocycles. The second-order valence-electron chi connectivity index (χ2n) is 27.0. The van der Waals surface area contributed by atoms with Gasteiger partial charge in [0.15, 0.2) is 49.7 Å². The molecule has 2 aliphatic heterocycles. The summed E-state index contributed by atoms with van der Waals surface area (Å²) in [6.45, 7) is 31.5. The van der Waals surface area contributed by atoms with Gasteiger partial charge in [-0.15, -0.1) is 0 Å². The van der Waals surface area contributed by atoms with E-state index in [2.05, 4.69) is 76.2 Å². The largest absolute Gasteiger partial charge is 0.497 e. The van der Waals surface area contributed by atoms with Gasteiger partial charge in [-0.3, -0.25) is 9.59 Å². The molecule has 1 spiro atoms. The molecule has 2 heterocycles. The van der Waals surface area contributed by atoms with E-state index in [0.29, 0.717) is 29.6 Å². The SMILES string of the molecule is CC[Si](CC)(CC)O[C@@H]1[C@@H](OC(=O)c2ccc(OC)cc2)[C@H](O[C@@H]2[C@@H](OC(C)=O)[C@H](O[C@H]3C[C@H]4[C@@H]5C[C@@H](OC)[C@]67C[C@H]6CC[C@]7(C)[C@H]5CC[C@]4(C)[C@@]3(O)[C@H](C)C(=O)C(C)C)OC[C@@H]2O[Si](CC)(CC)CC)OC[C@H]1O[Si](CC)(CC)CC. The van der Waals surface area contributed by atoms with Gasteiger partial charge in [-0.2, -0.15) is 0 Å². The maximum atomic E-state index is 14.8. The molecule has 466 valence electrons. The number of benzene rings is 1. The van der Waals surface area contributed by atoms with E-state index < -0.39 is 109 Å². The van der Waals surface area contributed by atoms with Crippen LogP contribution in [0, 0.1) is 51.8 Å². The smallest absolute Gasteiger partial charge is 0.338 e. The number of hydrogen-bond donors (Lipinski definition) is 1. The third-order valence-electron chi connectivity index (χ3n) is 24.0. The van der Waals surface area contributed by atoms with Crippen LogP contribution in [-0.2, 0) is 56.0 Å². The van der Waals surface area contributed by atoms with Crippen LogP contribution in [0.15, 0.2) is 24.3 Å². The fraction of sp³-hybridized carbons (Fsp3) is 0.859. The zero-order valence-electron chi connectivity index (χ0n) is 53.4. The molecular weight excluding hydrogens is 1090 g/mol. The molecule has 1 N–H and O–H groups in total.